The Bertz CT molecular complexity index is 839. The summed E-state index contributed by atoms with van der Waals surface area (Å²) in [6, 6.07) is 16.0. The lowest BCUT2D eigenvalue weighted by atomic mass is 9.98. The van der Waals surface area contributed by atoms with Crippen LogP contribution >= 0.6 is 24.8 Å². The van der Waals surface area contributed by atoms with Gasteiger partial charge in [-0.15, -0.1) is 24.8 Å². The summed E-state index contributed by atoms with van der Waals surface area (Å²) in [6.07, 6.45) is 6.28. The molecule has 3 rings (SSSR count). The molecule has 1 unspecified atom stereocenters. The number of imidazole rings is 1. The van der Waals surface area contributed by atoms with E-state index in [1.165, 1.54) is 0 Å². The lowest BCUT2D eigenvalue weighted by molar-refractivity contribution is -0.121. The molecule has 2 aromatic carbocycles. The number of aromatic nitrogens is 2. The van der Waals surface area contributed by atoms with Crippen molar-refractivity contribution < 1.29 is 4.79 Å². The summed E-state index contributed by atoms with van der Waals surface area (Å²) in [5, 5.41) is 3.20. The first-order valence-electron chi connectivity index (χ1n) is 9.25. The molecule has 0 aliphatic rings. The number of fused-ring (bicyclic) bond motifs is 1. The predicted octanol–water partition coefficient (Wildman–Crippen LogP) is 4.52. The number of aromatic amines is 1. The molecule has 0 saturated heterocycles. The van der Waals surface area contributed by atoms with E-state index >= 15 is 0 Å². The topological polar surface area (TPSA) is 83.8 Å². The molecule has 0 aliphatic heterocycles. The van der Waals surface area contributed by atoms with Gasteiger partial charge in [-0.2, -0.15) is 0 Å². The summed E-state index contributed by atoms with van der Waals surface area (Å²) >= 11 is 0. The van der Waals surface area contributed by atoms with Crippen molar-refractivity contribution in [2.45, 2.75) is 38.1 Å². The maximum Gasteiger partial charge on any atom is 0.220 e. The molecule has 0 bridgehead atoms. The van der Waals surface area contributed by atoms with Crippen LogP contribution in [0.1, 0.15) is 49.3 Å². The van der Waals surface area contributed by atoms with E-state index in [2.05, 4.69) is 21.4 Å². The van der Waals surface area contributed by atoms with E-state index in [1.807, 2.05) is 42.5 Å². The summed E-state index contributed by atoms with van der Waals surface area (Å²) in [7, 11) is 0. The first kappa shape index (κ1) is 24.0. The van der Waals surface area contributed by atoms with Crippen molar-refractivity contribution in [3.8, 4) is 0 Å². The number of nitrogens with zero attached hydrogens (tertiary/aromatic N) is 1. The molecule has 152 valence electrons. The number of carbonyl (C=O) groups excluding carboxylic acids is 1. The second kappa shape index (κ2) is 12.4. The molecule has 1 heterocycles. The van der Waals surface area contributed by atoms with Crippen LogP contribution < -0.4 is 11.1 Å². The van der Waals surface area contributed by atoms with E-state index in [1.54, 1.807) is 6.33 Å². The zero-order valence-electron chi connectivity index (χ0n) is 15.8. The first-order valence-corrected chi connectivity index (χ1v) is 9.25. The Morgan fingerprint density at radius 3 is 2.50 bits per heavy atom. The Morgan fingerprint density at radius 2 is 1.75 bits per heavy atom. The fourth-order valence-corrected chi connectivity index (χ4v) is 3.15. The lowest BCUT2D eigenvalue weighted by Gasteiger charge is -2.20. The summed E-state index contributed by atoms with van der Waals surface area (Å²) in [5.74, 6) is 0.0799. The molecule has 3 aromatic rings. The number of unbranched alkanes of at least 4 members (excludes halogenated alkanes) is 3. The molecular weight excluding hydrogens is 395 g/mol. The highest BCUT2D eigenvalue weighted by atomic mass is 35.5. The summed E-state index contributed by atoms with van der Waals surface area (Å²) in [4.78, 5) is 19.9. The van der Waals surface area contributed by atoms with E-state index in [9.17, 15) is 4.79 Å². The zero-order chi connectivity index (χ0) is 18.2. The lowest BCUT2D eigenvalue weighted by Crippen LogP contribution is -2.29. The SMILES string of the molecule is Cl.Cl.NCCCCCCC(=O)NC(c1ccccc1)c1ccc2nc[nH]c2c1. The normalized spacial score (nSPS) is 11.3. The third kappa shape index (κ3) is 6.51. The van der Waals surface area contributed by atoms with Crippen molar-refractivity contribution in [2.24, 2.45) is 5.73 Å². The van der Waals surface area contributed by atoms with Gasteiger partial charge in [0.05, 0.1) is 23.4 Å². The van der Waals surface area contributed by atoms with Gasteiger partial charge in [0, 0.05) is 6.42 Å². The maximum absolute atomic E-state index is 12.5. The quantitative estimate of drug-likeness (QED) is 0.443. The van der Waals surface area contributed by atoms with Gasteiger partial charge in [0.25, 0.3) is 0 Å². The minimum Gasteiger partial charge on any atom is -0.345 e. The third-order valence-corrected chi connectivity index (χ3v) is 4.57. The Labute approximate surface area is 178 Å². The molecule has 1 amide bonds. The minimum absolute atomic E-state index is 0. The van der Waals surface area contributed by atoms with E-state index in [4.69, 9.17) is 5.73 Å². The van der Waals surface area contributed by atoms with Gasteiger partial charge in [-0.3, -0.25) is 4.79 Å². The van der Waals surface area contributed by atoms with Crippen LogP contribution in [0.25, 0.3) is 11.0 Å². The fraction of sp³-hybridized carbons (Fsp3) is 0.333. The molecule has 1 aromatic heterocycles. The third-order valence-electron chi connectivity index (χ3n) is 4.57. The van der Waals surface area contributed by atoms with Gasteiger partial charge in [-0.25, -0.2) is 4.98 Å². The Kier molecular flexibility index (Phi) is 10.6. The van der Waals surface area contributed by atoms with Gasteiger partial charge in [0.1, 0.15) is 0 Å². The molecule has 4 N–H and O–H groups in total. The standard InChI is InChI=1S/C21H26N4O.2ClH/c22-13-7-2-1-6-10-20(26)25-21(16-8-4-3-5-9-16)17-11-12-18-19(14-17)24-15-23-18;;/h3-5,8-9,11-12,14-15,21H,1-2,6-7,10,13,22H2,(H,23,24)(H,25,26);2*1H. The van der Waals surface area contributed by atoms with Crippen LogP contribution in [0, 0.1) is 0 Å². The van der Waals surface area contributed by atoms with Crippen molar-refractivity contribution in [2.75, 3.05) is 6.54 Å². The van der Waals surface area contributed by atoms with Crippen molar-refractivity contribution in [1.82, 2.24) is 15.3 Å². The molecule has 5 nitrogen and oxygen atoms in total. The Hall–Kier alpha value is -2.08. The van der Waals surface area contributed by atoms with E-state index < -0.39 is 0 Å². The molecular formula is C21H28Cl2N4O. The maximum atomic E-state index is 12.5. The number of halogens is 2. The number of nitrogens with one attached hydrogen (secondary N) is 2. The van der Waals surface area contributed by atoms with Crippen molar-refractivity contribution in [3.63, 3.8) is 0 Å². The minimum atomic E-state index is -0.166. The van der Waals surface area contributed by atoms with Gasteiger partial charge >= 0.3 is 0 Å². The monoisotopic (exact) mass is 422 g/mol. The summed E-state index contributed by atoms with van der Waals surface area (Å²) in [6.45, 7) is 0.721. The number of carbonyl (C=O) groups is 1. The van der Waals surface area contributed by atoms with Crippen LogP contribution in [-0.2, 0) is 4.79 Å². The second-order valence-corrected chi connectivity index (χ2v) is 6.54. The first-order chi connectivity index (χ1) is 12.8. The highest BCUT2D eigenvalue weighted by Crippen LogP contribution is 2.24. The van der Waals surface area contributed by atoms with E-state index in [-0.39, 0.29) is 36.8 Å². The number of hydrogen-bond donors (Lipinski definition) is 3. The molecule has 0 fully saturated rings. The molecule has 0 aliphatic carbocycles. The second-order valence-electron chi connectivity index (χ2n) is 6.54. The van der Waals surface area contributed by atoms with Crippen LogP contribution in [0.4, 0.5) is 0 Å². The van der Waals surface area contributed by atoms with Gasteiger partial charge in [0.2, 0.25) is 5.91 Å². The van der Waals surface area contributed by atoms with Gasteiger partial charge in [0.15, 0.2) is 0 Å². The number of rotatable bonds is 9. The molecule has 28 heavy (non-hydrogen) atoms. The fourth-order valence-electron chi connectivity index (χ4n) is 3.15. The van der Waals surface area contributed by atoms with Crippen LogP contribution in [0.3, 0.4) is 0 Å². The zero-order valence-corrected chi connectivity index (χ0v) is 17.4. The van der Waals surface area contributed by atoms with Crippen LogP contribution in [-0.4, -0.2) is 22.4 Å². The number of benzene rings is 2. The van der Waals surface area contributed by atoms with E-state index in [0.29, 0.717) is 6.42 Å². The van der Waals surface area contributed by atoms with Crippen molar-refractivity contribution in [3.05, 3.63) is 66.0 Å². The average Bonchev–Trinajstić information content (AvgIpc) is 3.14. The molecule has 7 heteroatoms. The average molecular weight is 423 g/mol. The summed E-state index contributed by atoms with van der Waals surface area (Å²) < 4.78 is 0. The smallest absolute Gasteiger partial charge is 0.220 e. The Morgan fingerprint density at radius 1 is 1.00 bits per heavy atom. The van der Waals surface area contributed by atoms with Gasteiger partial charge < -0.3 is 16.0 Å². The summed E-state index contributed by atoms with van der Waals surface area (Å²) in [5.41, 5.74) is 9.52. The molecule has 0 radical (unpaired) electrons. The number of nitrogens with two attached hydrogens (primary N) is 1. The highest BCUT2D eigenvalue weighted by Gasteiger charge is 2.17. The van der Waals surface area contributed by atoms with E-state index in [0.717, 1.165) is 54.4 Å². The van der Waals surface area contributed by atoms with Gasteiger partial charge in [-0.1, -0.05) is 49.2 Å². The van der Waals surface area contributed by atoms with Gasteiger partial charge in [-0.05, 0) is 42.6 Å². The van der Waals surface area contributed by atoms with Crippen LogP contribution in [0.15, 0.2) is 54.9 Å². The van der Waals surface area contributed by atoms with Crippen molar-refractivity contribution in [1.29, 1.82) is 0 Å². The van der Waals surface area contributed by atoms with Crippen LogP contribution in [0.2, 0.25) is 0 Å². The number of H-pyrrole nitrogens is 1. The van der Waals surface area contributed by atoms with Crippen molar-refractivity contribution >= 4 is 41.8 Å². The van der Waals surface area contributed by atoms with Crippen LogP contribution in [0.5, 0.6) is 0 Å². The number of hydrogen-bond acceptors (Lipinski definition) is 3. The molecule has 0 saturated carbocycles. The predicted molar refractivity (Wildman–Crippen MR) is 119 cm³/mol. The molecule has 0 spiro atoms. The highest BCUT2D eigenvalue weighted by molar-refractivity contribution is 5.85. The number of amides is 1. The molecule has 1 atom stereocenters. The largest absolute Gasteiger partial charge is 0.345 e. The Balaban J connectivity index is 0.00000196.